The Morgan fingerprint density at radius 2 is 2.31 bits per heavy atom. The normalized spacial score (nSPS) is 26.4. The SMILES string of the molecule is NC1c2ccc(I)cc2NCC1O. The van der Waals surface area contributed by atoms with Crippen molar-refractivity contribution in [3.63, 3.8) is 0 Å². The fourth-order valence-corrected chi connectivity index (χ4v) is 2.01. The summed E-state index contributed by atoms with van der Waals surface area (Å²) < 4.78 is 1.17. The lowest BCUT2D eigenvalue weighted by Crippen LogP contribution is -2.37. The van der Waals surface area contributed by atoms with Crippen LogP contribution in [0.25, 0.3) is 0 Å². The lowest BCUT2D eigenvalue weighted by Gasteiger charge is -2.28. The van der Waals surface area contributed by atoms with E-state index in [0.29, 0.717) is 6.54 Å². The maximum Gasteiger partial charge on any atom is 0.0905 e. The number of anilines is 1. The van der Waals surface area contributed by atoms with Crippen molar-refractivity contribution in [2.24, 2.45) is 5.73 Å². The van der Waals surface area contributed by atoms with Crippen LogP contribution in [-0.2, 0) is 0 Å². The highest BCUT2D eigenvalue weighted by molar-refractivity contribution is 14.1. The standard InChI is InChI=1S/C9H11IN2O/c10-5-1-2-6-7(3-5)12-4-8(13)9(6)11/h1-3,8-9,12-13H,4,11H2. The molecule has 4 heteroatoms. The number of benzene rings is 1. The van der Waals surface area contributed by atoms with Crippen LogP contribution in [0.4, 0.5) is 5.69 Å². The van der Waals surface area contributed by atoms with Crippen LogP contribution in [0.15, 0.2) is 18.2 Å². The lowest BCUT2D eigenvalue weighted by molar-refractivity contribution is 0.153. The van der Waals surface area contributed by atoms with Gasteiger partial charge in [0.1, 0.15) is 0 Å². The molecule has 0 saturated heterocycles. The second-order valence-electron chi connectivity index (χ2n) is 3.21. The van der Waals surface area contributed by atoms with Crippen molar-refractivity contribution in [3.8, 4) is 0 Å². The number of halogens is 1. The Bertz CT molecular complexity index is 329. The third-order valence-electron chi connectivity index (χ3n) is 2.29. The molecule has 3 nitrogen and oxygen atoms in total. The van der Waals surface area contributed by atoms with Crippen molar-refractivity contribution >= 4 is 28.3 Å². The van der Waals surface area contributed by atoms with Crippen LogP contribution < -0.4 is 11.1 Å². The molecule has 0 saturated carbocycles. The second-order valence-corrected chi connectivity index (χ2v) is 4.45. The smallest absolute Gasteiger partial charge is 0.0905 e. The largest absolute Gasteiger partial charge is 0.389 e. The van der Waals surface area contributed by atoms with Crippen molar-refractivity contribution < 1.29 is 5.11 Å². The highest BCUT2D eigenvalue weighted by Crippen LogP contribution is 2.29. The monoisotopic (exact) mass is 290 g/mol. The molecule has 0 spiro atoms. The first-order chi connectivity index (χ1) is 6.18. The van der Waals surface area contributed by atoms with Gasteiger partial charge in [0.2, 0.25) is 0 Å². The third kappa shape index (κ3) is 1.66. The van der Waals surface area contributed by atoms with Gasteiger partial charge in [-0.2, -0.15) is 0 Å². The zero-order valence-electron chi connectivity index (χ0n) is 7.00. The summed E-state index contributed by atoms with van der Waals surface area (Å²) in [5.74, 6) is 0. The van der Waals surface area contributed by atoms with Crippen LogP contribution in [0.1, 0.15) is 11.6 Å². The predicted octanol–water partition coefficient (Wildman–Crippen LogP) is 1.08. The number of nitrogens with one attached hydrogen (secondary N) is 1. The van der Waals surface area contributed by atoms with Crippen LogP contribution in [0.3, 0.4) is 0 Å². The Morgan fingerprint density at radius 3 is 3.08 bits per heavy atom. The summed E-state index contributed by atoms with van der Waals surface area (Å²) in [5.41, 5.74) is 7.89. The second kappa shape index (κ2) is 3.43. The number of β-amino-alcohol motifs (C(OH)–C–C–N with tert-alkyl or cyclic N) is 1. The lowest BCUT2D eigenvalue weighted by atomic mass is 9.97. The Labute approximate surface area is 90.5 Å². The first-order valence-electron chi connectivity index (χ1n) is 4.15. The van der Waals surface area contributed by atoms with Gasteiger partial charge in [0, 0.05) is 15.8 Å². The third-order valence-corrected chi connectivity index (χ3v) is 2.96. The molecule has 2 atom stereocenters. The predicted molar refractivity (Wildman–Crippen MR) is 60.6 cm³/mol. The summed E-state index contributed by atoms with van der Waals surface area (Å²) in [4.78, 5) is 0. The average molecular weight is 290 g/mol. The summed E-state index contributed by atoms with van der Waals surface area (Å²) in [6, 6.07) is 5.76. The van der Waals surface area contributed by atoms with E-state index in [1.165, 1.54) is 3.57 Å². The fourth-order valence-electron chi connectivity index (χ4n) is 1.52. The van der Waals surface area contributed by atoms with Gasteiger partial charge in [0.25, 0.3) is 0 Å². The summed E-state index contributed by atoms with van der Waals surface area (Å²) >= 11 is 2.25. The van der Waals surface area contributed by atoms with Crippen LogP contribution in [0, 0.1) is 3.57 Å². The summed E-state index contributed by atoms with van der Waals surface area (Å²) in [5, 5.41) is 12.7. The van der Waals surface area contributed by atoms with Gasteiger partial charge in [-0.15, -0.1) is 0 Å². The topological polar surface area (TPSA) is 58.3 Å². The van der Waals surface area contributed by atoms with Gasteiger partial charge in [-0.25, -0.2) is 0 Å². The van der Waals surface area contributed by atoms with E-state index in [9.17, 15) is 5.11 Å². The van der Waals surface area contributed by atoms with Crippen molar-refractivity contribution in [2.45, 2.75) is 12.1 Å². The van der Waals surface area contributed by atoms with Gasteiger partial charge in [-0.1, -0.05) is 6.07 Å². The van der Waals surface area contributed by atoms with Gasteiger partial charge < -0.3 is 16.2 Å². The highest BCUT2D eigenvalue weighted by Gasteiger charge is 2.24. The summed E-state index contributed by atoms with van der Waals surface area (Å²) in [6.45, 7) is 0.536. The molecular weight excluding hydrogens is 279 g/mol. The van der Waals surface area contributed by atoms with Gasteiger partial charge >= 0.3 is 0 Å². The van der Waals surface area contributed by atoms with Crippen LogP contribution >= 0.6 is 22.6 Å². The maximum atomic E-state index is 9.50. The fraction of sp³-hybridized carbons (Fsp3) is 0.333. The molecule has 0 aromatic heterocycles. The molecule has 1 aliphatic heterocycles. The minimum atomic E-state index is -0.479. The molecule has 70 valence electrons. The van der Waals surface area contributed by atoms with Crippen molar-refractivity contribution in [2.75, 3.05) is 11.9 Å². The molecule has 4 N–H and O–H groups in total. The molecule has 0 aliphatic carbocycles. The minimum absolute atomic E-state index is 0.256. The van der Waals surface area contributed by atoms with E-state index in [1.54, 1.807) is 0 Å². The number of fused-ring (bicyclic) bond motifs is 1. The van der Waals surface area contributed by atoms with Crippen molar-refractivity contribution in [1.82, 2.24) is 0 Å². The number of aliphatic hydroxyl groups excluding tert-OH is 1. The minimum Gasteiger partial charge on any atom is -0.389 e. The van der Waals surface area contributed by atoms with E-state index in [1.807, 2.05) is 18.2 Å². The van der Waals surface area contributed by atoms with Gasteiger partial charge in [-0.05, 0) is 40.3 Å². The van der Waals surface area contributed by atoms with Crippen LogP contribution in [0.5, 0.6) is 0 Å². The van der Waals surface area contributed by atoms with Gasteiger partial charge in [-0.3, -0.25) is 0 Å². The molecule has 0 fully saturated rings. The zero-order valence-corrected chi connectivity index (χ0v) is 9.15. The molecule has 2 unspecified atom stereocenters. The summed E-state index contributed by atoms with van der Waals surface area (Å²) in [6.07, 6.45) is -0.479. The summed E-state index contributed by atoms with van der Waals surface area (Å²) in [7, 11) is 0. The Balaban J connectivity index is 2.44. The number of hydrogen-bond acceptors (Lipinski definition) is 3. The number of nitrogens with two attached hydrogens (primary N) is 1. The van der Waals surface area contributed by atoms with Gasteiger partial charge in [0.05, 0.1) is 12.1 Å². The molecular formula is C9H11IN2O. The zero-order chi connectivity index (χ0) is 9.42. The van der Waals surface area contributed by atoms with Crippen LogP contribution in [-0.4, -0.2) is 17.8 Å². The molecule has 1 aromatic carbocycles. The van der Waals surface area contributed by atoms with Crippen molar-refractivity contribution in [3.05, 3.63) is 27.3 Å². The van der Waals surface area contributed by atoms with E-state index >= 15 is 0 Å². The Hall–Kier alpha value is -0.330. The number of aliphatic hydroxyl groups is 1. The van der Waals surface area contributed by atoms with Crippen molar-refractivity contribution in [1.29, 1.82) is 0 Å². The Kier molecular flexibility index (Phi) is 2.44. The highest BCUT2D eigenvalue weighted by atomic mass is 127. The maximum absolute atomic E-state index is 9.50. The molecule has 0 bridgehead atoms. The quantitative estimate of drug-likeness (QED) is 0.627. The Morgan fingerprint density at radius 1 is 1.54 bits per heavy atom. The molecule has 1 aromatic rings. The molecule has 1 aliphatic rings. The number of rotatable bonds is 0. The molecule has 1 heterocycles. The van der Waals surface area contributed by atoms with Gasteiger partial charge in [0.15, 0.2) is 0 Å². The first-order valence-corrected chi connectivity index (χ1v) is 5.23. The molecule has 0 radical (unpaired) electrons. The first kappa shape index (κ1) is 9.23. The number of hydrogen-bond donors (Lipinski definition) is 3. The van der Waals surface area contributed by atoms with E-state index in [0.717, 1.165) is 11.3 Å². The van der Waals surface area contributed by atoms with E-state index in [-0.39, 0.29) is 6.04 Å². The van der Waals surface area contributed by atoms with Crippen LogP contribution in [0.2, 0.25) is 0 Å². The van der Waals surface area contributed by atoms with E-state index in [4.69, 9.17) is 5.73 Å². The average Bonchev–Trinajstić information content (AvgIpc) is 2.12. The van der Waals surface area contributed by atoms with E-state index < -0.39 is 6.10 Å². The molecule has 0 amide bonds. The molecule has 13 heavy (non-hydrogen) atoms. The van der Waals surface area contributed by atoms with E-state index in [2.05, 4.69) is 27.9 Å². The molecule has 2 rings (SSSR count).